The summed E-state index contributed by atoms with van der Waals surface area (Å²) in [6.07, 6.45) is 0. The summed E-state index contributed by atoms with van der Waals surface area (Å²) in [5.74, 6) is -0.103. The topological polar surface area (TPSA) is 74.0 Å². The summed E-state index contributed by atoms with van der Waals surface area (Å²) in [5.41, 5.74) is 5.30. The molecular weight excluding hydrogens is 386 g/mol. The molecule has 31 heavy (non-hydrogen) atoms. The van der Waals surface area contributed by atoms with Gasteiger partial charge in [0.1, 0.15) is 0 Å². The third kappa shape index (κ3) is 5.27. The van der Waals surface area contributed by atoms with Gasteiger partial charge in [-0.1, -0.05) is 60.2 Å². The van der Waals surface area contributed by atoms with Gasteiger partial charge in [0.2, 0.25) is 0 Å². The zero-order valence-electron chi connectivity index (χ0n) is 17.4. The molecule has 0 radical (unpaired) electrons. The first-order valence-corrected chi connectivity index (χ1v) is 10.3. The van der Waals surface area contributed by atoms with Crippen LogP contribution in [0.3, 0.4) is 0 Å². The number of rotatable bonds is 7. The summed E-state index contributed by atoms with van der Waals surface area (Å²) < 4.78 is 0. The lowest BCUT2D eigenvalue weighted by atomic mass is 10.1. The number of para-hydroxylation sites is 1. The molecule has 0 aliphatic carbocycles. The Morgan fingerprint density at radius 3 is 2.48 bits per heavy atom. The van der Waals surface area contributed by atoms with Crippen molar-refractivity contribution < 1.29 is 4.79 Å². The van der Waals surface area contributed by atoms with E-state index >= 15 is 0 Å². The Kier molecular flexibility index (Phi) is 6.24. The fourth-order valence-electron chi connectivity index (χ4n) is 3.48. The molecule has 5 nitrogen and oxygen atoms in total. The van der Waals surface area contributed by atoms with Gasteiger partial charge in [-0.25, -0.2) is 0 Å². The monoisotopic (exact) mass is 411 g/mol. The van der Waals surface area contributed by atoms with Crippen LogP contribution in [0.1, 0.15) is 32.6 Å². The summed E-state index contributed by atoms with van der Waals surface area (Å²) in [6, 6.07) is 25.3. The fraction of sp³-hybridized carbons (Fsp3) is 0.154. The first kappa shape index (κ1) is 20.6. The second-order valence-corrected chi connectivity index (χ2v) is 7.68. The Morgan fingerprint density at radius 2 is 1.65 bits per heavy atom. The van der Waals surface area contributed by atoms with Crippen LogP contribution < -0.4 is 16.2 Å². The number of aromatic amines is 1. The average Bonchev–Trinajstić information content (AvgIpc) is 2.79. The fourth-order valence-corrected chi connectivity index (χ4v) is 3.48. The quantitative estimate of drug-likeness (QED) is 0.429. The van der Waals surface area contributed by atoms with Crippen molar-refractivity contribution in [3.05, 3.63) is 117 Å². The molecule has 1 heterocycles. The molecule has 0 aliphatic rings. The van der Waals surface area contributed by atoms with E-state index in [4.69, 9.17) is 0 Å². The molecule has 0 unspecified atom stereocenters. The van der Waals surface area contributed by atoms with Crippen molar-refractivity contribution >= 4 is 16.8 Å². The normalized spacial score (nSPS) is 10.9. The second kappa shape index (κ2) is 9.41. The van der Waals surface area contributed by atoms with E-state index in [1.807, 2.05) is 85.8 Å². The highest BCUT2D eigenvalue weighted by molar-refractivity contribution is 5.94. The van der Waals surface area contributed by atoms with E-state index in [0.717, 1.165) is 22.0 Å². The highest BCUT2D eigenvalue weighted by Gasteiger charge is 2.07. The summed E-state index contributed by atoms with van der Waals surface area (Å²) in [6.45, 7) is 3.54. The predicted octanol–water partition coefficient (Wildman–Crippen LogP) is 4.06. The van der Waals surface area contributed by atoms with E-state index in [1.165, 1.54) is 5.56 Å². The number of nitrogens with one attached hydrogen (secondary N) is 3. The molecule has 0 saturated carbocycles. The molecule has 0 spiro atoms. The van der Waals surface area contributed by atoms with Crippen molar-refractivity contribution in [2.45, 2.75) is 26.6 Å². The highest BCUT2D eigenvalue weighted by Crippen LogP contribution is 2.11. The van der Waals surface area contributed by atoms with E-state index < -0.39 is 0 Å². The maximum atomic E-state index is 12.5. The zero-order chi connectivity index (χ0) is 21.6. The third-order valence-corrected chi connectivity index (χ3v) is 5.24. The van der Waals surface area contributed by atoms with Crippen molar-refractivity contribution in [2.75, 3.05) is 0 Å². The van der Waals surface area contributed by atoms with Crippen LogP contribution in [0.4, 0.5) is 0 Å². The minimum Gasteiger partial charge on any atom is -0.348 e. The number of fused-ring (bicyclic) bond motifs is 1. The second-order valence-electron chi connectivity index (χ2n) is 7.68. The van der Waals surface area contributed by atoms with Crippen molar-refractivity contribution in [2.24, 2.45) is 0 Å². The number of carbonyl (C=O) groups is 1. The summed E-state index contributed by atoms with van der Waals surface area (Å²) in [5, 5.41) is 7.27. The predicted molar refractivity (Wildman–Crippen MR) is 124 cm³/mol. The van der Waals surface area contributed by atoms with Gasteiger partial charge >= 0.3 is 0 Å². The van der Waals surface area contributed by atoms with Crippen molar-refractivity contribution in [3.8, 4) is 0 Å². The van der Waals surface area contributed by atoms with E-state index in [2.05, 4.69) is 15.6 Å². The lowest BCUT2D eigenvalue weighted by Gasteiger charge is -2.09. The minimum absolute atomic E-state index is 0.0876. The van der Waals surface area contributed by atoms with Crippen LogP contribution in [0.2, 0.25) is 0 Å². The van der Waals surface area contributed by atoms with Gasteiger partial charge in [-0.05, 0) is 47.7 Å². The van der Waals surface area contributed by atoms with Gasteiger partial charge in [-0.3, -0.25) is 9.59 Å². The Labute approximate surface area is 181 Å². The van der Waals surface area contributed by atoms with E-state index in [0.29, 0.717) is 30.8 Å². The van der Waals surface area contributed by atoms with Gasteiger partial charge in [-0.15, -0.1) is 0 Å². The molecule has 0 fully saturated rings. The molecule has 3 N–H and O–H groups in total. The SMILES string of the molecule is Cc1ccc(CNC(=O)c2cccc(CNCc3cc4ccccc4[nH]c3=O)c2)cc1. The first-order chi connectivity index (χ1) is 15.1. The van der Waals surface area contributed by atoms with E-state index in [1.54, 1.807) is 0 Å². The number of aryl methyl sites for hydroxylation is 1. The number of amides is 1. The summed E-state index contributed by atoms with van der Waals surface area (Å²) >= 11 is 0. The van der Waals surface area contributed by atoms with Crippen LogP contribution in [-0.4, -0.2) is 10.9 Å². The largest absolute Gasteiger partial charge is 0.348 e. The third-order valence-electron chi connectivity index (χ3n) is 5.24. The Hall–Kier alpha value is -3.70. The van der Waals surface area contributed by atoms with Gasteiger partial charge in [0, 0.05) is 36.3 Å². The van der Waals surface area contributed by atoms with Crippen LogP contribution in [-0.2, 0) is 19.6 Å². The van der Waals surface area contributed by atoms with Crippen molar-refractivity contribution in [1.29, 1.82) is 0 Å². The van der Waals surface area contributed by atoms with Crippen molar-refractivity contribution in [3.63, 3.8) is 0 Å². The summed E-state index contributed by atoms with van der Waals surface area (Å²) in [4.78, 5) is 27.7. The Balaban J connectivity index is 1.35. The van der Waals surface area contributed by atoms with Crippen LogP contribution in [0.25, 0.3) is 10.9 Å². The lowest BCUT2D eigenvalue weighted by molar-refractivity contribution is 0.0951. The molecule has 4 rings (SSSR count). The molecule has 0 atom stereocenters. The molecular formula is C26H25N3O2. The minimum atomic E-state index is -0.103. The first-order valence-electron chi connectivity index (χ1n) is 10.3. The van der Waals surface area contributed by atoms with Crippen LogP contribution in [0.15, 0.2) is 83.7 Å². The maximum Gasteiger partial charge on any atom is 0.252 e. The van der Waals surface area contributed by atoms with Gasteiger partial charge in [0.15, 0.2) is 0 Å². The zero-order valence-corrected chi connectivity index (χ0v) is 17.4. The molecule has 0 saturated heterocycles. The van der Waals surface area contributed by atoms with E-state index in [9.17, 15) is 9.59 Å². The number of hydrogen-bond acceptors (Lipinski definition) is 3. The molecule has 156 valence electrons. The molecule has 1 amide bonds. The number of hydrogen-bond donors (Lipinski definition) is 3. The molecule has 3 aromatic carbocycles. The smallest absolute Gasteiger partial charge is 0.252 e. The Morgan fingerprint density at radius 1 is 0.839 bits per heavy atom. The van der Waals surface area contributed by atoms with Gasteiger partial charge in [-0.2, -0.15) is 0 Å². The number of aromatic nitrogens is 1. The molecule has 5 heteroatoms. The summed E-state index contributed by atoms with van der Waals surface area (Å²) in [7, 11) is 0. The number of pyridine rings is 1. The average molecular weight is 412 g/mol. The van der Waals surface area contributed by atoms with Crippen LogP contribution in [0, 0.1) is 6.92 Å². The van der Waals surface area contributed by atoms with E-state index in [-0.39, 0.29) is 11.5 Å². The maximum absolute atomic E-state index is 12.5. The van der Waals surface area contributed by atoms with Crippen molar-refractivity contribution in [1.82, 2.24) is 15.6 Å². The van der Waals surface area contributed by atoms with Crippen LogP contribution in [0.5, 0.6) is 0 Å². The van der Waals surface area contributed by atoms with Gasteiger partial charge in [0.05, 0.1) is 0 Å². The highest BCUT2D eigenvalue weighted by atomic mass is 16.1. The van der Waals surface area contributed by atoms with Gasteiger partial charge in [0.25, 0.3) is 11.5 Å². The molecule has 0 bridgehead atoms. The molecule has 1 aromatic heterocycles. The standard InChI is InChI=1S/C26H25N3O2/c1-18-9-11-19(12-10-18)16-28-25(30)22-7-4-5-20(13-22)15-27-17-23-14-21-6-2-3-8-24(21)29-26(23)31/h2-14,27H,15-17H2,1H3,(H,28,30)(H,29,31). The van der Waals surface area contributed by atoms with Gasteiger partial charge < -0.3 is 15.6 Å². The van der Waals surface area contributed by atoms with Crippen LogP contribution >= 0.6 is 0 Å². The lowest BCUT2D eigenvalue weighted by Crippen LogP contribution is -2.23. The number of carbonyl (C=O) groups excluding carboxylic acids is 1. The number of H-pyrrole nitrogens is 1. The Bertz CT molecular complexity index is 1260. The number of benzene rings is 3. The molecule has 0 aliphatic heterocycles. The molecule has 4 aromatic rings.